The summed E-state index contributed by atoms with van der Waals surface area (Å²) < 4.78 is 34.0. The van der Waals surface area contributed by atoms with Gasteiger partial charge in [-0.25, -0.2) is 0 Å². The molecule has 9 nitrogen and oxygen atoms in total. The molecule has 0 radical (unpaired) electrons. The number of esters is 2. The predicted molar refractivity (Wildman–Crippen MR) is 259 cm³/mol. The van der Waals surface area contributed by atoms with Crippen LogP contribution in [0.2, 0.25) is 0 Å². The van der Waals surface area contributed by atoms with Gasteiger partial charge in [0.2, 0.25) is 0 Å². The Morgan fingerprint density at radius 1 is 0.516 bits per heavy atom. The quantitative estimate of drug-likeness (QED) is 0.0195. The van der Waals surface area contributed by atoms with Crippen molar-refractivity contribution in [3.8, 4) is 0 Å². The third kappa shape index (κ3) is 47.7. The molecular formula is C52H98NO8P. The molecule has 2 atom stereocenters. The average molecular weight is 896 g/mol. The SMILES string of the molecule is CC/C=C\C/C=C\C/C=C\CCCCCCCC(=O)OC(COC(=O)CCCCCCCCCCCCCCCCCCCCCCCCC)COP(=O)([O-])OCC[N+](C)(C)C. The molecule has 10 heteroatoms. The number of allylic oxidation sites excluding steroid dienone is 6. The molecule has 0 rings (SSSR count). The maximum absolute atomic E-state index is 12.7. The largest absolute Gasteiger partial charge is 0.756 e. The van der Waals surface area contributed by atoms with E-state index in [4.69, 9.17) is 18.5 Å². The predicted octanol–water partition coefficient (Wildman–Crippen LogP) is 14.6. The van der Waals surface area contributed by atoms with E-state index in [1.54, 1.807) is 0 Å². The van der Waals surface area contributed by atoms with E-state index >= 15 is 0 Å². The fraction of sp³-hybridized carbons (Fsp3) is 0.846. The third-order valence-electron chi connectivity index (χ3n) is 11.2. The van der Waals surface area contributed by atoms with Gasteiger partial charge < -0.3 is 27.9 Å². The van der Waals surface area contributed by atoms with E-state index in [2.05, 4.69) is 50.3 Å². The Bertz CT molecular complexity index is 1150. The molecule has 0 saturated heterocycles. The number of rotatable bonds is 47. The number of quaternary nitrogens is 1. The van der Waals surface area contributed by atoms with E-state index in [1.807, 2.05) is 21.1 Å². The topological polar surface area (TPSA) is 111 Å². The second-order valence-corrected chi connectivity index (χ2v) is 19.9. The Labute approximate surface area is 382 Å². The molecule has 0 bridgehead atoms. The Morgan fingerprint density at radius 2 is 0.919 bits per heavy atom. The zero-order valence-corrected chi connectivity index (χ0v) is 42.0. The Kier molecular flexibility index (Phi) is 43.2. The minimum absolute atomic E-state index is 0.0336. The molecule has 0 aromatic carbocycles. The van der Waals surface area contributed by atoms with Crippen molar-refractivity contribution in [3.05, 3.63) is 36.5 Å². The Morgan fingerprint density at radius 3 is 1.37 bits per heavy atom. The van der Waals surface area contributed by atoms with Crippen LogP contribution in [0.1, 0.15) is 232 Å². The van der Waals surface area contributed by atoms with Crippen molar-refractivity contribution >= 4 is 19.8 Å². The van der Waals surface area contributed by atoms with E-state index in [-0.39, 0.29) is 32.0 Å². The maximum atomic E-state index is 12.7. The first-order valence-corrected chi connectivity index (χ1v) is 27.2. The molecule has 0 fully saturated rings. The molecule has 0 amide bonds. The van der Waals surface area contributed by atoms with Gasteiger partial charge in [0.25, 0.3) is 7.82 Å². The summed E-state index contributed by atoms with van der Waals surface area (Å²) in [4.78, 5) is 37.7. The number of carbonyl (C=O) groups is 2. The van der Waals surface area contributed by atoms with Gasteiger partial charge in [-0.1, -0.05) is 211 Å². The summed E-state index contributed by atoms with van der Waals surface area (Å²) in [6, 6.07) is 0. The minimum Gasteiger partial charge on any atom is -0.756 e. The second-order valence-electron chi connectivity index (χ2n) is 18.5. The van der Waals surface area contributed by atoms with Crippen LogP contribution in [0.5, 0.6) is 0 Å². The fourth-order valence-corrected chi connectivity index (χ4v) is 7.93. The van der Waals surface area contributed by atoms with Crippen LogP contribution in [-0.4, -0.2) is 70.0 Å². The Hall–Kier alpha value is -1.77. The van der Waals surface area contributed by atoms with Crippen LogP contribution in [0.3, 0.4) is 0 Å². The first kappa shape index (κ1) is 60.2. The van der Waals surface area contributed by atoms with Crippen LogP contribution in [0.25, 0.3) is 0 Å². The van der Waals surface area contributed by atoms with E-state index in [9.17, 15) is 19.0 Å². The van der Waals surface area contributed by atoms with Crippen LogP contribution in [0.15, 0.2) is 36.5 Å². The number of carbonyl (C=O) groups excluding carboxylic acids is 2. The average Bonchev–Trinajstić information content (AvgIpc) is 3.23. The van der Waals surface area contributed by atoms with E-state index in [0.717, 1.165) is 70.6 Å². The highest BCUT2D eigenvalue weighted by atomic mass is 31.2. The number of ether oxygens (including phenoxy) is 2. The van der Waals surface area contributed by atoms with Gasteiger partial charge in [0.15, 0.2) is 6.10 Å². The smallest absolute Gasteiger partial charge is 0.306 e. The van der Waals surface area contributed by atoms with Crippen LogP contribution in [0.4, 0.5) is 0 Å². The summed E-state index contributed by atoms with van der Waals surface area (Å²) in [5.74, 6) is -0.845. The van der Waals surface area contributed by atoms with Gasteiger partial charge in [0.05, 0.1) is 27.7 Å². The van der Waals surface area contributed by atoms with Crippen LogP contribution in [-0.2, 0) is 32.7 Å². The first-order chi connectivity index (χ1) is 30.0. The highest BCUT2D eigenvalue weighted by Crippen LogP contribution is 2.38. The van der Waals surface area contributed by atoms with Crippen molar-refractivity contribution in [2.45, 2.75) is 238 Å². The highest BCUT2D eigenvalue weighted by molar-refractivity contribution is 7.45. The molecule has 0 spiro atoms. The van der Waals surface area contributed by atoms with E-state index in [1.165, 1.54) is 128 Å². The molecule has 0 aliphatic rings. The van der Waals surface area contributed by atoms with Crippen molar-refractivity contribution in [2.24, 2.45) is 0 Å². The molecular weight excluding hydrogens is 798 g/mol. The normalized spacial score (nSPS) is 13.7. The van der Waals surface area contributed by atoms with Gasteiger partial charge in [-0.15, -0.1) is 0 Å². The van der Waals surface area contributed by atoms with Crippen LogP contribution in [0, 0.1) is 0 Å². The molecule has 2 unspecified atom stereocenters. The molecule has 0 aliphatic carbocycles. The van der Waals surface area contributed by atoms with Crippen molar-refractivity contribution in [2.75, 3.05) is 47.5 Å². The summed E-state index contributed by atoms with van der Waals surface area (Å²) in [7, 11) is 1.16. The Balaban J connectivity index is 4.18. The summed E-state index contributed by atoms with van der Waals surface area (Å²) in [5.41, 5.74) is 0. The lowest BCUT2D eigenvalue weighted by Gasteiger charge is -2.28. The second kappa shape index (κ2) is 44.4. The van der Waals surface area contributed by atoms with Crippen molar-refractivity contribution in [3.63, 3.8) is 0 Å². The van der Waals surface area contributed by atoms with E-state index in [0.29, 0.717) is 17.4 Å². The lowest BCUT2D eigenvalue weighted by Crippen LogP contribution is -2.37. The summed E-state index contributed by atoms with van der Waals surface area (Å²) in [6.07, 6.45) is 51.8. The number of likely N-dealkylation sites (N-methyl/N-ethyl adjacent to an activating group) is 1. The van der Waals surface area contributed by atoms with Crippen molar-refractivity contribution in [1.82, 2.24) is 0 Å². The number of phosphoric acid groups is 1. The minimum atomic E-state index is -4.63. The van der Waals surface area contributed by atoms with E-state index < -0.39 is 26.5 Å². The van der Waals surface area contributed by atoms with Gasteiger partial charge in [0.1, 0.15) is 19.8 Å². The molecule has 0 aromatic heterocycles. The van der Waals surface area contributed by atoms with Crippen molar-refractivity contribution in [1.29, 1.82) is 0 Å². The maximum Gasteiger partial charge on any atom is 0.306 e. The summed E-state index contributed by atoms with van der Waals surface area (Å²) >= 11 is 0. The number of nitrogens with zero attached hydrogens (tertiary/aromatic N) is 1. The number of hydrogen-bond acceptors (Lipinski definition) is 8. The van der Waals surface area contributed by atoms with Crippen LogP contribution < -0.4 is 4.89 Å². The van der Waals surface area contributed by atoms with Gasteiger partial charge in [-0.3, -0.25) is 14.2 Å². The molecule has 0 N–H and O–H groups in total. The van der Waals surface area contributed by atoms with Crippen LogP contribution >= 0.6 is 7.82 Å². The summed E-state index contributed by atoms with van der Waals surface area (Å²) in [5, 5.41) is 0. The zero-order chi connectivity index (χ0) is 45.7. The van der Waals surface area contributed by atoms with Gasteiger partial charge in [-0.05, 0) is 44.9 Å². The number of phosphoric ester groups is 1. The molecule has 0 aliphatic heterocycles. The molecule has 0 saturated carbocycles. The summed E-state index contributed by atoms with van der Waals surface area (Å²) in [6.45, 7) is 4.13. The molecule has 0 heterocycles. The monoisotopic (exact) mass is 896 g/mol. The van der Waals surface area contributed by atoms with Gasteiger partial charge >= 0.3 is 11.9 Å². The number of unbranched alkanes of at least 4 members (excludes halogenated alkanes) is 27. The molecule has 0 aromatic rings. The standard InChI is InChI=1S/C52H98NO8P/c1-6-8-10-12-14-16-18-20-22-23-24-25-26-27-28-29-31-32-34-36-38-40-42-44-51(54)58-48-50(49-60-62(56,57)59-47-46-53(3,4)5)61-52(55)45-43-41-39-37-35-33-30-21-19-17-15-13-11-9-7-2/h9,11,15,17,21,30,50H,6-8,10,12-14,16,18-20,22-29,31-49H2,1-5H3/b11-9-,17-15-,30-21-. The number of hydrogen-bond donors (Lipinski definition) is 0. The van der Waals surface area contributed by atoms with Gasteiger partial charge in [0, 0.05) is 12.8 Å². The third-order valence-corrected chi connectivity index (χ3v) is 12.1. The molecule has 364 valence electrons. The van der Waals surface area contributed by atoms with Crippen molar-refractivity contribution < 1.29 is 42.1 Å². The lowest BCUT2D eigenvalue weighted by atomic mass is 10.0. The lowest BCUT2D eigenvalue weighted by molar-refractivity contribution is -0.870. The first-order valence-electron chi connectivity index (χ1n) is 25.7. The highest BCUT2D eigenvalue weighted by Gasteiger charge is 2.21. The fourth-order valence-electron chi connectivity index (χ4n) is 7.20. The van der Waals surface area contributed by atoms with Gasteiger partial charge in [-0.2, -0.15) is 0 Å². The zero-order valence-electron chi connectivity index (χ0n) is 41.1. The molecule has 62 heavy (non-hydrogen) atoms.